The Morgan fingerprint density at radius 3 is 2.69 bits per heavy atom. The zero-order valence-electron chi connectivity index (χ0n) is 8.85. The minimum atomic E-state index is -0.596. The number of aliphatic hydroxyl groups is 1. The van der Waals surface area contributed by atoms with Crippen molar-refractivity contribution in [3.63, 3.8) is 0 Å². The number of aromatic nitrogens is 1. The van der Waals surface area contributed by atoms with Gasteiger partial charge in [-0.1, -0.05) is 51.4 Å². The molecule has 1 atom stereocenters. The van der Waals surface area contributed by atoms with Crippen molar-refractivity contribution in [2.75, 3.05) is 5.33 Å². The summed E-state index contributed by atoms with van der Waals surface area (Å²) >= 11 is 3.26. The maximum absolute atomic E-state index is 9.89. The summed E-state index contributed by atoms with van der Waals surface area (Å²) in [7, 11) is 0. The van der Waals surface area contributed by atoms with Gasteiger partial charge >= 0.3 is 0 Å². The number of nitrogens with zero attached hydrogens (tertiary/aromatic N) is 1. The van der Waals surface area contributed by atoms with Crippen molar-refractivity contribution in [1.82, 2.24) is 5.16 Å². The largest absolute Gasteiger partial charge is 0.387 e. The molecule has 0 radical (unpaired) electrons. The first-order valence-corrected chi connectivity index (χ1v) is 6.11. The summed E-state index contributed by atoms with van der Waals surface area (Å²) in [6, 6.07) is 9.70. The summed E-state index contributed by atoms with van der Waals surface area (Å²) < 4.78 is 5.14. The second kappa shape index (κ2) is 4.80. The van der Waals surface area contributed by atoms with E-state index in [-0.39, 0.29) is 0 Å². The molecule has 1 N–H and O–H groups in total. The number of benzene rings is 1. The standard InChI is InChI=1S/C12H12BrNO2/c1-8-11(10(15)7-13)12(14-16-8)9-5-3-2-4-6-9/h2-6,10,15H,7H2,1H3. The SMILES string of the molecule is Cc1onc(-c2ccccc2)c1C(O)CBr. The molecule has 0 saturated heterocycles. The number of aryl methyl sites for hydroxylation is 1. The van der Waals surface area contributed by atoms with Crippen LogP contribution in [0.25, 0.3) is 11.3 Å². The predicted octanol–water partition coefficient (Wildman–Crippen LogP) is 3.08. The van der Waals surface area contributed by atoms with Crippen LogP contribution in [0.2, 0.25) is 0 Å². The Bertz CT molecular complexity index is 467. The quantitative estimate of drug-likeness (QED) is 0.880. The average Bonchev–Trinajstić information content (AvgIpc) is 2.71. The van der Waals surface area contributed by atoms with Crippen LogP contribution in [0.15, 0.2) is 34.9 Å². The van der Waals surface area contributed by atoms with Crippen molar-refractivity contribution >= 4 is 15.9 Å². The van der Waals surface area contributed by atoms with Gasteiger partial charge in [-0.2, -0.15) is 0 Å². The van der Waals surface area contributed by atoms with Crippen molar-refractivity contribution in [2.24, 2.45) is 0 Å². The van der Waals surface area contributed by atoms with Crippen LogP contribution in [0.1, 0.15) is 17.4 Å². The minimum absolute atomic E-state index is 0.467. The monoisotopic (exact) mass is 281 g/mol. The van der Waals surface area contributed by atoms with E-state index < -0.39 is 6.10 Å². The van der Waals surface area contributed by atoms with Gasteiger partial charge in [0, 0.05) is 10.9 Å². The molecule has 4 heteroatoms. The highest BCUT2D eigenvalue weighted by molar-refractivity contribution is 9.09. The molecule has 3 nitrogen and oxygen atoms in total. The topological polar surface area (TPSA) is 46.3 Å². The van der Waals surface area contributed by atoms with E-state index in [9.17, 15) is 5.11 Å². The van der Waals surface area contributed by atoms with Gasteiger partial charge in [0.1, 0.15) is 11.5 Å². The third-order valence-corrected chi connectivity index (χ3v) is 3.05. The molecule has 0 saturated carbocycles. The van der Waals surface area contributed by atoms with Crippen molar-refractivity contribution in [2.45, 2.75) is 13.0 Å². The fourth-order valence-corrected chi connectivity index (χ4v) is 1.98. The van der Waals surface area contributed by atoms with E-state index in [1.807, 2.05) is 30.3 Å². The molecule has 0 spiro atoms. The highest BCUT2D eigenvalue weighted by Gasteiger charge is 2.20. The first kappa shape index (κ1) is 11.4. The summed E-state index contributed by atoms with van der Waals surface area (Å²) in [6.07, 6.45) is -0.596. The maximum Gasteiger partial charge on any atom is 0.140 e. The van der Waals surface area contributed by atoms with E-state index in [2.05, 4.69) is 21.1 Å². The number of halogens is 1. The Balaban J connectivity index is 2.50. The Labute approximate surface area is 102 Å². The van der Waals surface area contributed by atoms with Crippen LogP contribution in [0.4, 0.5) is 0 Å². The third kappa shape index (κ3) is 2.03. The van der Waals surface area contributed by atoms with Crippen LogP contribution in [0, 0.1) is 6.92 Å². The molecule has 16 heavy (non-hydrogen) atoms. The molecular weight excluding hydrogens is 270 g/mol. The van der Waals surface area contributed by atoms with E-state index in [1.54, 1.807) is 6.92 Å². The van der Waals surface area contributed by atoms with Crippen LogP contribution in [-0.2, 0) is 0 Å². The first-order chi connectivity index (χ1) is 7.74. The smallest absolute Gasteiger partial charge is 0.140 e. The van der Waals surface area contributed by atoms with Crippen LogP contribution >= 0.6 is 15.9 Å². The van der Waals surface area contributed by atoms with Crippen molar-refractivity contribution in [3.8, 4) is 11.3 Å². The van der Waals surface area contributed by atoms with Crippen LogP contribution < -0.4 is 0 Å². The van der Waals surface area contributed by atoms with Crippen LogP contribution in [-0.4, -0.2) is 15.6 Å². The van der Waals surface area contributed by atoms with Gasteiger partial charge in [0.05, 0.1) is 11.7 Å². The average molecular weight is 282 g/mol. The van der Waals surface area contributed by atoms with Gasteiger partial charge in [-0.3, -0.25) is 0 Å². The summed E-state index contributed by atoms with van der Waals surface area (Å²) in [5.74, 6) is 0.658. The summed E-state index contributed by atoms with van der Waals surface area (Å²) in [4.78, 5) is 0. The summed E-state index contributed by atoms with van der Waals surface area (Å²) in [5.41, 5.74) is 2.42. The fourth-order valence-electron chi connectivity index (χ4n) is 1.65. The van der Waals surface area contributed by atoms with E-state index >= 15 is 0 Å². The van der Waals surface area contributed by atoms with Gasteiger partial charge in [-0.25, -0.2) is 0 Å². The molecule has 0 aliphatic heterocycles. The molecule has 2 rings (SSSR count). The summed E-state index contributed by atoms with van der Waals surface area (Å²) in [5, 5.41) is 14.4. The lowest BCUT2D eigenvalue weighted by atomic mass is 10.0. The molecule has 0 amide bonds. The molecule has 0 aliphatic carbocycles. The number of hydrogen-bond donors (Lipinski definition) is 1. The second-order valence-corrected chi connectivity index (χ2v) is 4.18. The van der Waals surface area contributed by atoms with Gasteiger partial charge in [-0.05, 0) is 6.92 Å². The van der Waals surface area contributed by atoms with E-state index in [0.29, 0.717) is 16.8 Å². The van der Waals surface area contributed by atoms with Gasteiger partial charge in [0.15, 0.2) is 0 Å². The van der Waals surface area contributed by atoms with Crippen LogP contribution in [0.3, 0.4) is 0 Å². The normalized spacial score (nSPS) is 12.7. The number of hydrogen-bond acceptors (Lipinski definition) is 3. The Morgan fingerprint density at radius 1 is 1.38 bits per heavy atom. The Kier molecular flexibility index (Phi) is 3.41. The molecule has 0 aliphatic rings. The Hall–Kier alpha value is -1.13. The van der Waals surface area contributed by atoms with Gasteiger partial charge in [0.25, 0.3) is 0 Å². The highest BCUT2D eigenvalue weighted by Crippen LogP contribution is 2.30. The molecule has 0 bridgehead atoms. The van der Waals surface area contributed by atoms with Gasteiger partial charge in [-0.15, -0.1) is 0 Å². The number of alkyl halides is 1. The molecule has 0 fully saturated rings. The van der Waals surface area contributed by atoms with Crippen molar-refractivity contribution < 1.29 is 9.63 Å². The number of aliphatic hydroxyl groups excluding tert-OH is 1. The van der Waals surface area contributed by atoms with E-state index in [1.165, 1.54) is 0 Å². The Morgan fingerprint density at radius 2 is 2.06 bits per heavy atom. The van der Waals surface area contributed by atoms with Crippen molar-refractivity contribution in [1.29, 1.82) is 0 Å². The zero-order valence-corrected chi connectivity index (χ0v) is 10.4. The predicted molar refractivity (Wildman–Crippen MR) is 65.4 cm³/mol. The second-order valence-electron chi connectivity index (χ2n) is 3.54. The molecule has 1 aromatic carbocycles. The lowest BCUT2D eigenvalue weighted by Gasteiger charge is -2.07. The molecular formula is C12H12BrNO2. The number of rotatable bonds is 3. The fraction of sp³-hybridized carbons (Fsp3) is 0.250. The lowest BCUT2D eigenvalue weighted by Crippen LogP contribution is -2.00. The molecule has 84 valence electrons. The highest BCUT2D eigenvalue weighted by atomic mass is 79.9. The molecule has 1 aromatic heterocycles. The van der Waals surface area contributed by atoms with E-state index in [4.69, 9.17) is 4.52 Å². The van der Waals surface area contributed by atoms with Crippen LogP contribution in [0.5, 0.6) is 0 Å². The minimum Gasteiger partial charge on any atom is -0.387 e. The van der Waals surface area contributed by atoms with Gasteiger partial charge < -0.3 is 9.63 Å². The molecule has 2 aromatic rings. The third-order valence-electron chi connectivity index (χ3n) is 2.43. The van der Waals surface area contributed by atoms with Crippen molar-refractivity contribution in [3.05, 3.63) is 41.7 Å². The maximum atomic E-state index is 9.89. The van der Waals surface area contributed by atoms with E-state index in [0.717, 1.165) is 11.1 Å². The molecule has 1 unspecified atom stereocenters. The molecule has 1 heterocycles. The lowest BCUT2D eigenvalue weighted by molar-refractivity contribution is 0.203. The summed E-state index contributed by atoms with van der Waals surface area (Å²) in [6.45, 7) is 1.81. The zero-order chi connectivity index (χ0) is 11.5. The van der Waals surface area contributed by atoms with Gasteiger partial charge in [0.2, 0.25) is 0 Å². The first-order valence-electron chi connectivity index (χ1n) is 4.99.